The van der Waals surface area contributed by atoms with E-state index >= 15 is 0 Å². The second-order valence-electron chi connectivity index (χ2n) is 7.30. The average Bonchev–Trinajstić information content (AvgIpc) is 2.99. The lowest BCUT2D eigenvalue weighted by Gasteiger charge is -2.18. The molecule has 0 bridgehead atoms. The van der Waals surface area contributed by atoms with Crippen molar-refractivity contribution in [3.8, 4) is 11.5 Å². The molecule has 0 unspecified atom stereocenters. The molecule has 2 amide bonds. The summed E-state index contributed by atoms with van der Waals surface area (Å²) in [5, 5.41) is 5.30. The van der Waals surface area contributed by atoms with Crippen LogP contribution < -0.4 is 15.4 Å². The Bertz CT molecular complexity index is 1110. The molecule has 7 nitrogen and oxygen atoms in total. The molecule has 1 aliphatic heterocycles. The molecule has 0 radical (unpaired) electrons. The van der Waals surface area contributed by atoms with E-state index in [1.165, 1.54) is 24.2 Å². The third-order valence-electron chi connectivity index (χ3n) is 4.87. The molecule has 33 heavy (non-hydrogen) atoms. The third-order valence-corrected chi connectivity index (χ3v) is 6.16. The fourth-order valence-corrected chi connectivity index (χ4v) is 4.52. The van der Waals surface area contributed by atoms with Gasteiger partial charge in [0.1, 0.15) is 28.4 Å². The van der Waals surface area contributed by atoms with E-state index in [0.29, 0.717) is 17.9 Å². The van der Waals surface area contributed by atoms with Gasteiger partial charge in [-0.25, -0.2) is 18.7 Å². The fourth-order valence-electron chi connectivity index (χ4n) is 3.30. The van der Waals surface area contributed by atoms with Crippen LogP contribution in [0.2, 0.25) is 0 Å². The van der Waals surface area contributed by atoms with Crippen LogP contribution in [0, 0.1) is 11.6 Å². The maximum atomic E-state index is 13.3. The van der Waals surface area contributed by atoms with Crippen molar-refractivity contribution in [2.75, 3.05) is 12.3 Å². The Kier molecular flexibility index (Phi) is 7.13. The lowest BCUT2D eigenvalue weighted by Crippen LogP contribution is -2.44. The van der Waals surface area contributed by atoms with Crippen LogP contribution in [0.25, 0.3) is 0 Å². The van der Waals surface area contributed by atoms with E-state index in [0.717, 1.165) is 23.8 Å². The lowest BCUT2D eigenvalue weighted by atomic mass is 10.1. The Morgan fingerprint density at radius 2 is 1.79 bits per heavy atom. The van der Waals surface area contributed by atoms with Gasteiger partial charge in [-0.15, -0.1) is 11.8 Å². The highest BCUT2D eigenvalue weighted by Gasteiger charge is 2.27. The van der Waals surface area contributed by atoms with Crippen molar-refractivity contribution >= 4 is 23.6 Å². The third kappa shape index (κ3) is 6.04. The molecular formula is C23H20F2N4O3S. The molecule has 1 aliphatic rings. The number of benzene rings is 2. The summed E-state index contributed by atoms with van der Waals surface area (Å²) in [6.45, 7) is 0.271. The van der Waals surface area contributed by atoms with E-state index < -0.39 is 22.8 Å². The molecule has 10 heteroatoms. The van der Waals surface area contributed by atoms with Gasteiger partial charge in [0.25, 0.3) is 5.91 Å². The number of hydrogen-bond acceptors (Lipinski definition) is 6. The van der Waals surface area contributed by atoms with Crippen LogP contribution >= 0.6 is 11.8 Å². The van der Waals surface area contributed by atoms with Gasteiger partial charge < -0.3 is 15.4 Å². The minimum atomic E-state index is -0.727. The minimum Gasteiger partial charge on any atom is -0.457 e. The molecule has 4 rings (SSSR count). The predicted octanol–water partition coefficient (Wildman–Crippen LogP) is 3.64. The van der Waals surface area contributed by atoms with Gasteiger partial charge in [0, 0.05) is 43.2 Å². The standard InChI is InChI=1S/C23H20F2N4O3S/c24-15-10-16(25)12-19(11-15)32-18-4-2-14(3-5-18)20-22(30)29-17(6-9-33-20)13-28-23(31)21-26-7-1-8-27-21/h1-5,7-8,10-12,17,20H,6,9,13H2,(H,28,31)(H,29,30)/t17-,20-/m1/s1. The summed E-state index contributed by atoms with van der Waals surface area (Å²) in [4.78, 5) is 32.8. The summed E-state index contributed by atoms with van der Waals surface area (Å²) < 4.78 is 32.2. The highest BCUT2D eigenvalue weighted by Crippen LogP contribution is 2.33. The molecule has 2 aromatic carbocycles. The first kappa shape index (κ1) is 22.7. The number of aromatic nitrogens is 2. The molecule has 1 saturated heterocycles. The van der Waals surface area contributed by atoms with Crippen molar-refractivity contribution < 1.29 is 23.1 Å². The van der Waals surface area contributed by atoms with Gasteiger partial charge >= 0.3 is 0 Å². The topological polar surface area (TPSA) is 93.2 Å². The first-order valence-corrected chi connectivity index (χ1v) is 11.2. The maximum absolute atomic E-state index is 13.3. The van der Waals surface area contributed by atoms with Gasteiger partial charge in [-0.3, -0.25) is 9.59 Å². The first-order chi connectivity index (χ1) is 16.0. The van der Waals surface area contributed by atoms with Gasteiger partial charge in [-0.1, -0.05) is 12.1 Å². The summed E-state index contributed by atoms with van der Waals surface area (Å²) in [6, 6.07) is 11.2. The predicted molar refractivity (Wildman–Crippen MR) is 119 cm³/mol. The molecule has 2 atom stereocenters. The highest BCUT2D eigenvalue weighted by atomic mass is 32.2. The van der Waals surface area contributed by atoms with Crippen LogP contribution in [0.15, 0.2) is 60.9 Å². The largest absolute Gasteiger partial charge is 0.457 e. The van der Waals surface area contributed by atoms with E-state index in [9.17, 15) is 18.4 Å². The quantitative estimate of drug-likeness (QED) is 0.572. The maximum Gasteiger partial charge on any atom is 0.289 e. The SMILES string of the molecule is O=C(NC[C@H]1CCS[C@H](c2ccc(Oc3cc(F)cc(F)c3)cc2)C(=O)N1)c1ncccn1. The van der Waals surface area contributed by atoms with E-state index in [1.54, 1.807) is 30.3 Å². The number of ether oxygens (including phenoxy) is 1. The molecular weight excluding hydrogens is 450 g/mol. The van der Waals surface area contributed by atoms with Crippen LogP contribution in [-0.2, 0) is 4.79 Å². The van der Waals surface area contributed by atoms with Crippen molar-refractivity contribution in [1.82, 2.24) is 20.6 Å². The zero-order chi connectivity index (χ0) is 23.2. The Morgan fingerprint density at radius 3 is 2.48 bits per heavy atom. The molecule has 2 N–H and O–H groups in total. The van der Waals surface area contributed by atoms with Crippen molar-refractivity contribution in [2.45, 2.75) is 17.7 Å². The molecule has 2 heterocycles. The monoisotopic (exact) mass is 470 g/mol. The van der Waals surface area contributed by atoms with Crippen molar-refractivity contribution in [1.29, 1.82) is 0 Å². The van der Waals surface area contributed by atoms with E-state index in [1.807, 2.05) is 0 Å². The average molecular weight is 471 g/mol. The highest BCUT2D eigenvalue weighted by molar-refractivity contribution is 8.00. The number of nitrogens with zero attached hydrogens (tertiary/aromatic N) is 2. The van der Waals surface area contributed by atoms with E-state index in [4.69, 9.17) is 4.74 Å². The van der Waals surface area contributed by atoms with Crippen LogP contribution in [0.3, 0.4) is 0 Å². The van der Waals surface area contributed by atoms with Crippen molar-refractivity contribution in [2.24, 2.45) is 0 Å². The Morgan fingerprint density at radius 1 is 1.09 bits per heavy atom. The van der Waals surface area contributed by atoms with Crippen LogP contribution in [0.1, 0.15) is 27.9 Å². The van der Waals surface area contributed by atoms with Gasteiger partial charge in [-0.2, -0.15) is 0 Å². The molecule has 1 aromatic heterocycles. The second-order valence-corrected chi connectivity index (χ2v) is 8.52. The molecule has 0 saturated carbocycles. The number of halogens is 2. The number of amides is 2. The second kappa shape index (κ2) is 10.4. The lowest BCUT2D eigenvalue weighted by molar-refractivity contribution is -0.121. The first-order valence-electron chi connectivity index (χ1n) is 10.2. The van der Waals surface area contributed by atoms with Crippen LogP contribution in [-0.4, -0.2) is 40.1 Å². The zero-order valence-electron chi connectivity index (χ0n) is 17.3. The molecule has 3 aromatic rings. The van der Waals surface area contributed by atoms with Gasteiger partial charge in [-0.05, 0) is 35.9 Å². The minimum absolute atomic E-state index is 0.0487. The smallest absolute Gasteiger partial charge is 0.289 e. The van der Waals surface area contributed by atoms with Crippen LogP contribution in [0.4, 0.5) is 8.78 Å². The van der Waals surface area contributed by atoms with Gasteiger partial charge in [0.15, 0.2) is 0 Å². The van der Waals surface area contributed by atoms with Crippen molar-refractivity contribution in [3.05, 3.63) is 83.9 Å². The van der Waals surface area contributed by atoms with Gasteiger partial charge in [0.05, 0.1) is 0 Å². The summed E-state index contributed by atoms with van der Waals surface area (Å²) in [6.07, 6.45) is 3.67. The summed E-state index contributed by atoms with van der Waals surface area (Å²) in [5.41, 5.74) is 0.776. The Hall–Kier alpha value is -3.53. The Labute approximate surface area is 193 Å². The molecule has 1 fully saturated rings. The Balaban J connectivity index is 1.35. The normalized spacial score (nSPS) is 18.2. The zero-order valence-corrected chi connectivity index (χ0v) is 18.1. The summed E-state index contributed by atoms with van der Waals surface area (Å²) in [5.74, 6) is -0.773. The van der Waals surface area contributed by atoms with Gasteiger partial charge in [0.2, 0.25) is 11.7 Å². The number of carbonyl (C=O) groups is 2. The van der Waals surface area contributed by atoms with Crippen LogP contribution in [0.5, 0.6) is 11.5 Å². The van der Waals surface area contributed by atoms with Crippen molar-refractivity contribution in [3.63, 3.8) is 0 Å². The molecule has 170 valence electrons. The number of rotatable bonds is 6. The number of thioether (sulfide) groups is 1. The summed E-state index contributed by atoms with van der Waals surface area (Å²) in [7, 11) is 0. The summed E-state index contributed by atoms with van der Waals surface area (Å²) >= 11 is 1.50. The molecule has 0 spiro atoms. The van der Waals surface area contributed by atoms with E-state index in [2.05, 4.69) is 20.6 Å². The number of nitrogens with one attached hydrogen (secondary N) is 2. The molecule has 0 aliphatic carbocycles. The fraction of sp³-hybridized carbons (Fsp3) is 0.217. The van der Waals surface area contributed by atoms with E-state index in [-0.39, 0.29) is 30.1 Å². The number of carbonyl (C=O) groups excluding carboxylic acids is 2. The number of hydrogen-bond donors (Lipinski definition) is 2.